The Morgan fingerprint density at radius 3 is 2.04 bits per heavy atom. The van der Waals surface area contributed by atoms with Crippen LogP contribution in [0, 0.1) is 5.92 Å². The number of carbonyl (C=O) groups excluding carboxylic acids is 2. The standard InChI is InChI=1S/C20H20N2O2/c23-18-11-16-12-19(24)22(17(16)13-21-18)20(14-7-3-1-4-8-14)15-9-5-2-6-10-15/h1-10,16-17,20H,11-13H2,(H,21,23). The molecule has 2 unspecified atom stereocenters. The molecule has 0 bridgehead atoms. The number of amides is 2. The summed E-state index contributed by atoms with van der Waals surface area (Å²) in [5.74, 6) is 0.322. The summed E-state index contributed by atoms with van der Waals surface area (Å²) in [4.78, 5) is 26.5. The molecule has 24 heavy (non-hydrogen) atoms. The Morgan fingerprint density at radius 1 is 0.875 bits per heavy atom. The third-order valence-corrected chi connectivity index (χ3v) is 5.09. The van der Waals surface area contributed by atoms with Crippen LogP contribution in [-0.2, 0) is 9.59 Å². The van der Waals surface area contributed by atoms with Gasteiger partial charge in [0.15, 0.2) is 0 Å². The average Bonchev–Trinajstić information content (AvgIpc) is 2.92. The second kappa shape index (κ2) is 6.11. The molecule has 4 rings (SSSR count). The molecule has 4 nitrogen and oxygen atoms in total. The minimum absolute atomic E-state index is 0.0573. The molecule has 0 aromatic heterocycles. The van der Waals surface area contributed by atoms with Crippen LogP contribution in [0.15, 0.2) is 60.7 Å². The first kappa shape index (κ1) is 14.9. The number of benzene rings is 2. The molecule has 2 aliphatic heterocycles. The number of piperidine rings is 1. The van der Waals surface area contributed by atoms with E-state index in [0.717, 1.165) is 11.1 Å². The van der Waals surface area contributed by atoms with E-state index in [1.54, 1.807) is 0 Å². The molecule has 4 heteroatoms. The highest BCUT2D eigenvalue weighted by molar-refractivity contribution is 5.84. The molecular weight excluding hydrogens is 300 g/mol. The first-order valence-electron chi connectivity index (χ1n) is 8.42. The first-order valence-corrected chi connectivity index (χ1v) is 8.42. The molecule has 2 heterocycles. The van der Waals surface area contributed by atoms with Crippen LogP contribution in [0.2, 0.25) is 0 Å². The lowest BCUT2D eigenvalue weighted by Crippen LogP contribution is -2.50. The summed E-state index contributed by atoms with van der Waals surface area (Å²) in [6, 6.07) is 20.2. The van der Waals surface area contributed by atoms with Gasteiger partial charge in [-0.15, -0.1) is 0 Å². The molecule has 2 aromatic carbocycles. The molecule has 122 valence electrons. The maximum atomic E-state index is 12.8. The van der Waals surface area contributed by atoms with Crippen molar-refractivity contribution in [2.45, 2.75) is 24.9 Å². The third kappa shape index (κ3) is 2.58. The number of rotatable bonds is 3. The molecule has 1 N–H and O–H groups in total. The van der Waals surface area contributed by atoms with Gasteiger partial charge in [0, 0.05) is 19.4 Å². The van der Waals surface area contributed by atoms with E-state index in [4.69, 9.17) is 0 Å². The predicted molar refractivity (Wildman–Crippen MR) is 91.1 cm³/mol. The number of fused-ring (bicyclic) bond motifs is 1. The van der Waals surface area contributed by atoms with Gasteiger partial charge in [0.2, 0.25) is 11.8 Å². The Balaban J connectivity index is 1.76. The summed E-state index contributed by atoms with van der Waals surface area (Å²) in [7, 11) is 0. The fourth-order valence-corrected chi connectivity index (χ4v) is 4.00. The Labute approximate surface area is 141 Å². The number of hydrogen-bond donors (Lipinski definition) is 1. The number of hydrogen-bond acceptors (Lipinski definition) is 2. The Bertz CT molecular complexity index is 705. The molecule has 2 atom stereocenters. The van der Waals surface area contributed by atoms with Gasteiger partial charge in [-0.3, -0.25) is 9.59 Å². The quantitative estimate of drug-likeness (QED) is 0.945. The van der Waals surface area contributed by atoms with Crippen molar-refractivity contribution >= 4 is 11.8 Å². The van der Waals surface area contributed by atoms with Gasteiger partial charge in [-0.2, -0.15) is 0 Å². The van der Waals surface area contributed by atoms with E-state index in [1.807, 2.05) is 41.3 Å². The predicted octanol–water partition coefficient (Wildman–Crippen LogP) is 2.51. The second-order valence-electron chi connectivity index (χ2n) is 6.56. The van der Waals surface area contributed by atoms with Gasteiger partial charge in [-0.25, -0.2) is 0 Å². The fraction of sp³-hybridized carbons (Fsp3) is 0.300. The average molecular weight is 320 g/mol. The third-order valence-electron chi connectivity index (χ3n) is 5.09. The highest BCUT2D eigenvalue weighted by Crippen LogP contribution is 2.39. The summed E-state index contributed by atoms with van der Waals surface area (Å²) in [6.45, 7) is 0.547. The van der Waals surface area contributed by atoms with Gasteiger partial charge in [0.1, 0.15) is 0 Å². The SMILES string of the molecule is O=C1CC2CC(=O)N(C(c3ccccc3)c3ccccc3)C2CN1. The van der Waals surface area contributed by atoms with E-state index in [2.05, 4.69) is 29.6 Å². The zero-order chi connectivity index (χ0) is 16.5. The highest BCUT2D eigenvalue weighted by Gasteiger charge is 2.46. The summed E-state index contributed by atoms with van der Waals surface area (Å²) in [6.07, 6.45) is 0.914. The molecule has 2 saturated heterocycles. The van der Waals surface area contributed by atoms with Gasteiger partial charge < -0.3 is 10.2 Å². The summed E-state index contributed by atoms with van der Waals surface area (Å²) in [5, 5.41) is 2.93. The maximum Gasteiger partial charge on any atom is 0.224 e. The van der Waals surface area contributed by atoms with Crippen molar-refractivity contribution < 1.29 is 9.59 Å². The lowest BCUT2D eigenvalue weighted by Gasteiger charge is -2.37. The van der Waals surface area contributed by atoms with Crippen LogP contribution in [0.4, 0.5) is 0 Å². The summed E-state index contributed by atoms with van der Waals surface area (Å²) < 4.78 is 0. The second-order valence-corrected chi connectivity index (χ2v) is 6.56. The minimum Gasteiger partial charge on any atom is -0.354 e. The van der Waals surface area contributed by atoms with Crippen LogP contribution in [0.1, 0.15) is 30.0 Å². The van der Waals surface area contributed by atoms with Crippen molar-refractivity contribution in [2.75, 3.05) is 6.54 Å². The van der Waals surface area contributed by atoms with Crippen molar-refractivity contribution in [1.29, 1.82) is 0 Å². The molecule has 2 aliphatic rings. The van der Waals surface area contributed by atoms with Gasteiger partial charge in [0.25, 0.3) is 0 Å². The molecule has 2 amide bonds. The van der Waals surface area contributed by atoms with Crippen molar-refractivity contribution in [2.24, 2.45) is 5.92 Å². The van der Waals surface area contributed by atoms with E-state index in [1.165, 1.54) is 0 Å². The zero-order valence-corrected chi connectivity index (χ0v) is 13.4. The van der Waals surface area contributed by atoms with Crippen LogP contribution in [-0.4, -0.2) is 29.3 Å². The summed E-state index contributed by atoms with van der Waals surface area (Å²) >= 11 is 0. The van der Waals surface area contributed by atoms with Crippen LogP contribution in [0.3, 0.4) is 0 Å². The lowest BCUT2D eigenvalue weighted by molar-refractivity contribution is -0.131. The lowest BCUT2D eigenvalue weighted by atomic mass is 9.91. The van der Waals surface area contributed by atoms with E-state index in [0.29, 0.717) is 19.4 Å². The van der Waals surface area contributed by atoms with Crippen LogP contribution < -0.4 is 5.32 Å². The highest BCUT2D eigenvalue weighted by atomic mass is 16.2. The van der Waals surface area contributed by atoms with Crippen LogP contribution in [0.25, 0.3) is 0 Å². The van der Waals surface area contributed by atoms with Crippen molar-refractivity contribution in [3.63, 3.8) is 0 Å². The molecule has 2 aromatic rings. The van der Waals surface area contributed by atoms with Gasteiger partial charge in [-0.1, -0.05) is 60.7 Å². The number of carbonyl (C=O) groups is 2. The number of nitrogens with one attached hydrogen (secondary N) is 1. The topological polar surface area (TPSA) is 49.4 Å². The fourth-order valence-electron chi connectivity index (χ4n) is 4.00. The normalized spacial score (nSPS) is 23.3. The van der Waals surface area contributed by atoms with Gasteiger partial charge >= 0.3 is 0 Å². The van der Waals surface area contributed by atoms with Crippen molar-refractivity contribution in [3.8, 4) is 0 Å². The molecule has 2 fully saturated rings. The Kier molecular flexibility index (Phi) is 3.81. The Morgan fingerprint density at radius 2 is 1.46 bits per heavy atom. The van der Waals surface area contributed by atoms with E-state index in [-0.39, 0.29) is 29.8 Å². The monoisotopic (exact) mass is 320 g/mol. The largest absolute Gasteiger partial charge is 0.354 e. The Hall–Kier alpha value is -2.62. The summed E-state index contributed by atoms with van der Waals surface area (Å²) in [5.41, 5.74) is 2.21. The molecule has 0 radical (unpaired) electrons. The van der Waals surface area contributed by atoms with E-state index >= 15 is 0 Å². The number of nitrogens with zero attached hydrogens (tertiary/aromatic N) is 1. The van der Waals surface area contributed by atoms with E-state index in [9.17, 15) is 9.59 Å². The molecular formula is C20H20N2O2. The van der Waals surface area contributed by atoms with E-state index < -0.39 is 0 Å². The zero-order valence-electron chi connectivity index (χ0n) is 13.4. The molecule has 0 aliphatic carbocycles. The number of likely N-dealkylation sites (tertiary alicyclic amines) is 1. The smallest absolute Gasteiger partial charge is 0.224 e. The maximum absolute atomic E-state index is 12.8. The minimum atomic E-state index is -0.107. The molecule has 0 saturated carbocycles. The van der Waals surface area contributed by atoms with Crippen molar-refractivity contribution in [3.05, 3.63) is 71.8 Å². The van der Waals surface area contributed by atoms with Gasteiger partial charge in [-0.05, 0) is 17.0 Å². The molecule has 0 spiro atoms. The van der Waals surface area contributed by atoms with Crippen LogP contribution >= 0.6 is 0 Å². The first-order chi connectivity index (χ1) is 11.7. The van der Waals surface area contributed by atoms with Crippen LogP contribution in [0.5, 0.6) is 0 Å². The van der Waals surface area contributed by atoms with Gasteiger partial charge in [0.05, 0.1) is 12.1 Å². The van der Waals surface area contributed by atoms with Crippen molar-refractivity contribution in [1.82, 2.24) is 10.2 Å².